The van der Waals surface area contributed by atoms with Gasteiger partial charge in [0.1, 0.15) is 6.17 Å². The van der Waals surface area contributed by atoms with E-state index in [-0.39, 0.29) is 5.88 Å². The van der Waals surface area contributed by atoms with Gasteiger partial charge in [0.25, 0.3) is 0 Å². The van der Waals surface area contributed by atoms with Crippen LogP contribution in [0.5, 0.6) is 5.88 Å². The smallest absolute Gasteiger partial charge is 0.212 e. The number of hydrogen-bond acceptors (Lipinski definition) is 4. The molecule has 1 saturated heterocycles. The van der Waals surface area contributed by atoms with Crippen LogP contribution in [-0.2, 0) is 0 Å². The second-order valence-electron chi connectivity index (χ2n) is 4.24. The SMILES string of the molecule is Oc1ccc2cc(N3CCC(F)C3)cnc2n1. The summed E-state index contributed by atoms with van der Waals surface area (Å²) in [7, 11) is 0. The second kappa shape index (κ2) is 3.84. The molecule has 0 radical (unpaired) electrons. The van der Waals surface area contributed by atoms with E-state index in [1.54, 1.807) is 12.3 Å². The van der Waals surface area contributed by atoms with Gasteiger partial charge < -0.3 is 10.0 Å². The van der Waals surface area contributed by atoms with Crippen LogP contribution in [0, 0.1) is 0 Å². The molecule has 1 fully saturated rings. The Balaban J connectivity index is 1.99. The van der Waals surface area contributed by atoms with Gasteiger partial charge in [-0.1, -0.05) is 0 Å². The van der Waals surface area contributed by atoms with Crippen LogP contribution in [0.15, 0.2) is 24.4 Å². The van der Waals surface area contributed by atoms with Crippen molar-refractivity contribution in [3.63, 3.8) is 0 Å². The standard InChI is InChI=1S/C12H12FN3O/c13-9-3-4-16(7-9)10-5-8-1-2-11(17)15-12(8)14-6-10/h1-2,5-6,9H,3-4,7H2,(H,14,15,17). The molecule has 0 bridgehead atoms. The Bertz CT molecular complexity index is 560. The third-order valence-corrected chi connectivity index (χ3v) is 3.01. The van der Waals surface area contributed by atoms with Crippen LogP contribution in [0.2, 0.25) is 0 Å². The van der Waals surface area contributed by atoms with E-state index >= 15 is 0 Å². The number of aromatic nitrogens is 2. The lowest BCUT2D eigenvalue weighted by Gasteiger charge is -2.17. The van der Waals surface area contributed by atoms with Crippen molar-refractivity contribution in [1.29, 1.82) is 0 Å². The number of halogens is 1. The number of fused-ring (bicyclic) bond motifs is 1. The van der Waals surface area contributed by atoms with Gasteiger partial charge in [0.15, 0.2) is 5.65 Å². The van der Waals surface area contributed by atoms with E-state index in [0.29, 0.717) is 18.6 Å². The van der Waals surface area contributed by atoms with E-state index in [1.165, 1.54) is 6.07 Å². The number of pyridine rings is 2. The van der Waals surface area contributed by atoms with Crippen molar-refractivity contribution in [3.8, 4) is 5.88 Å². The molecule has 1 atom stereocenters. The van der Waals surface area contributed by atoms with Crippen LogP contribution < -0.4 is 4.90 Å². The van der Waals surface area contributed by atoms with E-state index in [0.717, 1.165) is 17.6 Å². The van der Waals surface area contributed by atoms with Gasteiger partial charge in [-0.25, -0.2) is 9.37 Å². The highest BCUT2D eigenvalue weighted by molar-refractivity contribution is 5.79. The highest BCUT2D eigenvalue weighted by Crippen LogP contribution is 2.24. The Kier molecular flexibility index (Phi) is 2.31. The van der Waals surface area contributed by atoms with Crippen molar-refractivity contribution in [3.05, 3.63) is 24.4 Å². The molecular weight excluding hydrogens is 221 g/mol. The lowest BCUT2D eigenvalue weighted by atomic mass is 10.2. The Morgan fingerprint density at radius 1 is 1.41 bits per heavy atom. The summed E-state index contributed by atoms with van der Waals surface area (Å²) in [5, 5.41) is 10.1. The number of nitrogens with zero attached hydrogens (tertiary/aromatic N) is 3. The molecule has 0 aliphatic carbocycles. The predicted octanol–water partition coefficient (Wildman–Crippen LogP) is 1.88. The number of aromatic hydroxyl groups is 1. The van der Waals surface area contributed by atoms with Crippen LogP contribution in [0.1, 0.15) is 6.42 Å². The molecule has 1 aliphatic rings. The normalized spacial score (nSPS) is 20.1. The third-order valence-electron chi connectivity index (χ3n) is 3.01. The first-order valence-corrected chi connectivity index (χ1v) is 5.57. The monoisotopic (exact) mass is 233 g/mol. The highest BCUT2D eigenvalue weighted by atomic mass is 19.1. The summed E-state index contributed by atoms with van der Waals surface area (Å²) in [4.78, 5) is 10.1. The van der Waals surface area contributed by atoms with Gasteiger partial charge in [-0.15, -0.1) is 0 Å². The second-order valence-corrected chi connectivity index (χ2v) is 4.24. The summed E-state index contributed by atoms with van der Waals surface area (Å²) in [5.41, 5.74) is 1.41. The van der Waals surface area contributed by atoms with E-state index in [9.17, 15) is 9.50 Å². The molecule has 1 N–H and O–H groups in total. The van der Waals surface area contributed by atoms with Crippen molar-refractivity contribution in [2.75, 3.05) is 18.0 Å². The van der Waals surface area contributed by atoms with Crippen LogP contribution in [0.4, 0.5) is 10.1 Å². The summed E-state index contributed by atoms with van der Waals surface area (Å²) in [6.07, 6.45) is 1.50. The van der Waals surface area contributed by atoms with Gasteiger partial charge in [0.2, 0.25) is 5.88 Å². The van der Waals surface area contributed by atoms with E-state index in [2.05, 4.69) is 9.97 Å². The molecular formula is C12H12FN3O. The topological polar surface area (TPSA) is 49.2 Å². The predicted molar refractivity (Wildman–Crippen MR) is 62.9 cm³/mol. The van der Waals surface area contributed by atoms with E-state index in [1.807, 2.05) is 11.0 Å². The average molecular weight is 233 g/mol. The molecule has 3 rings (SSSR count). The molecule has 2 aromatic heterocycles. The first-order valence-electron chi connectivity index (χ1n) is 5.57. The molecule has 3 heterocycles. The molecule has 5 heteroatoms. The third kappa shape index (κ3) is 1.88. The molecule has 0 spiro atoms. The lowest BCUT2D eigenvalue weighted by molar-refractivity contribution is 0.364. The van der Waals surface area contributed by atoms with Gasteiger partial charge in [-0.05, 0) is 18.6 Å². The molecule has 17 heavy (non-hydrogen) atoms. The Morgan fingerprint density at radius 3 is 3.06 bits per heavy atom. The Labute approximate surface area is 97.7 Å². The number of alkyl halides is 1. The van der Waals surface area contributed by atoms with E-state index in [4.69, 9.17) is 0 Å². The summed E-state index contributed by atoms with van der Waals surface area (Å²) in [6.45, 7) is 1.15. The zero-order valence-electron chi connectivity index (χ0n) is 9.17. The molecule has 88 valence electrons. The minimum absolute atomic E-state index is 0.0391. The highest BCUT2D eigenvalue weighted by Gasteiger charge is 2.22. The van der Waals surface area contributed by atoms with E-state index < -0.39 is 6.17 Å². The minimum atomic E-state index is -0.747. The zero-order valence-corrected chi connectivity index (χ0v) is 9.17. The molecule has 4 nitrogen and oxygen atoms in total. The van der Waals surface area contributed by atoms with Crippen molar-refractivity contribution >= 4 is 16.7 Å². The minimum Gasteiger partial charge on any atom is -0.493 e. The molecule has 0 amide bonds. The fourth-order valence-corrected chi connectivity index (χ4v) is 2.11. The Morgan fingerprint density at radius 2 is 2.29 bits per heavy atom. The van der Waals surface area contributed by atoms with Crippen LogP contribution >= 0.6 is 0 Å². The Hall–Kier alpha value is -1.91. The summed E-state index contributed by atoms with van der Waals surface area (Å²) < 4.78 is 13.1. The fraction of sp³-hybridized carbons (Fsp3) is 0.333. The van der Waals surface area contributed by atoms with Gasteiger partial charge in [0, 0.05) is 24.5 Å². The maximum Gasteiger partial charge on any atom is 0.212 e. The average Bonchev–Trinajstić information content (AvgIpc) is 2.75. The molecule has 1 aliphatic heterocycles. The summed E-state index contributed by atoms with van der Waals surface area (Å²) >= 11 is 0. The van der Waals surface area contributed by atoms with Gasteiger partial charge in [0.05, 0.1) is 11.9 Å². The lowest BCUT2D eigenvalue weighted by Crippen LogP contribution is -2.19. The van der Waals surface area contributed by atoms with Crippen LogP contribution in [-0.4, -0.2) is 34.3 Å². The van der Waals surface area contributed by atoms with Crippen molar-refractivity contribution in [1.82, 2.24) is 9.97 Å². The van der Waals surface area contributed by atoms with Crippen molar-refractivity contribution in [2.45, 2.75) is 12.6 Å². The molecule has 1 unspecified atom stereocenters. The van der Waals surface area contributed by atoms with Gasteiger partial charge >= 0.3 is 0 Å². The molecule has 0 saturated carbocycles. The maximum absolute atomic E-state index is 13.1. The van der Waals surface area contributed by atoms with Crippen LogP contribution in [0.25, 0.3) is 11.0 Å². The number of rotatable bonds is 1. The van der Waals surface area contributed by atoms with Crippen molar-refractivity contribution < 1.29 is 9.50 Å². The molecule has 2 aromatic rings. The quantitative estimate of drug-likeness (QED) is 0.817. The van der Waals surface area contributed by atoms with Crippen molar-refractivity contribution in [2.24, 2.45) is 0 Å². The summed E-state index contributed by atoms with van der Waals surface area (Å²) in [6, 6.07) is 5.21. The zero-order chi connectivity index (χ0) is 11.8. The van der Waals surface area contributed by atoms with Crippen LogP contribution in [0.3, 0.4) is 0 Å². The molecule has 0 aromatic carbocycles. The van der Waals surface area contributed by atoms with Gasteiger partial charge in [-0.2, -0.15) is 4.98 Å². The fourth-order valence-electron chi connectivity index (χ4n) is 2.11. The maximum atomic E-state index is 13.1. The number of anilines is 1. The summed E-state index contributed by atoms with van der Waals surface area (Å²) in [5.74, 6) is -0.0391. The first kappa shape index (κ1) is 10.3. The number of hydrogen-bond donors (Lipinski definition) is 1. The first-order chi connectivity index (χ1) is 8.22. The van der Waals surface area contributed by atoms with Gasteiger partial charge in [-0.3, -0.25) is 0 Å². The largest absolute Gasteiger partial charge is 0.493 e.